The zero-order valence-corrected chi connectivity index (χ0v) is 26.5. The minimum absolute atomic E-state index is 1.14. The molecule has 3 nitrogen and oxygen atoms in total. The van der Waals surface area contributed by atoms with E-state index in [0.717, 1.165) is 11.1 Å². The van der Waals surface area contributed by atoms with Crippen LogP contribution in [0.25, 0.3) is 12.2 Å². The molecule has 0 radical (unpaired) electrons. The second-order valence-electron chi connectivity index (χ2n) is 9.36. The Hall–Kier alpha value is -1.45. The zero-order chi connectivity index (χ0) is 24.7. The first kappa shape index (κ1) is 27.1. The van der Waals surface area contributed by atoms with Crippen molar-refractivity contribution in [3.8, 4) is 10.3 Å². The van der Waals surface area contributed by atoms with Crippen LogP contribution in [0.15, 0.2) is 72.1 Å². The monoisotopic (exact) mass is 568 g/mol. The summed E-state index contributed by atoms with van der Waals surface area (Å²) >= 11 is -2.18. The molecule has 2 aromatic rings. The summed E-state index contributed by atoms with van der Waals surface area (Å²) in [4.78, 5) is 0. The molecule has 0 bridgehead atoms. The molecule has 2 unspecified atom stereocenters. The van der Waals surface area contributed by atoms with Crippen LogP contribution in [0, 0.1) is 10.3 Å². The fraction of sp³-hybridized carbons (Fsp3) is 0.333. The molecule has 180 valence electrons. The van der Waals surface area contributed by atoms with Crippen LogP contribution < -0.4 is 0 Å². The van der Waals surface area contributed by atoms with Crippen LogP contribution in [-0.4, -0.2) is 38.9 Å². The number of hydrogen-bond donors (Lipinski definition) is 0. The molecule has 0 N–H and O–H groups in total. The molecule has 2 atom stereocenters. The Balaban J connectivity index is 1.99. The molecule has 34 heavy (non-hydrogen) atoms. The van der Waals surface area contributed by atoms with E-state index in [1.807, 2.05) is 36.4 Å². The Morgan fingerprint density at radius 2 is 1.09 bits per heavy atom. The molecule has 3 rings (SSSR count). The van der Waals surface area contributed by atoms with Gasteiger partial charge in [-0.1, -0.05) is 0 Å². The van der Waals surface area contributed by atoms with Crippen molar-refractivity contribution in [2.45, 2.75) is 56.2 Å². The molecule has 1 saturated heterocycles. The predicted molar refractivity (Wildman–Crippen MR) is 154 cm³/mol. The Morgan fingerprint density at radius 1 is 0.676 bits per heavy atom. The van der Waals surface area contributed by atoms with Crippen molar-refractivity contribution in [2.24, 2.45) is 0 Å². The first-order valence-electron chi connectivity index (χ1n) is 12.3. The van der Waals surface area contributed by atoms with Gasteiger partial charge in [-0.3, -0.25) is 0 Å². The first-order valence-corrected chi connectivity index (χ1v) is 24.9. The third-order valence-corrected chi connectivity index (χ3v) is 28.7. The fourth-order valence-corrected chi connectivity index (χ4v) is 25.7. The van der Waals surface area contributed by atoms with Gasteiger partial charge >= 0.3 is 213 Å². The van der Waals surface area contributed by atoms with Gasteiger partial charge in [0, 0.05) is 0 Å². The Kier molecular flexibility index (Phi) is 9.20. The normalized spacial score (nSPS) is 27.6. The Labute approximate surface area is 212 Å². The first-order chi connectivity index (χ1) is 16.2. The minimum atomic E-state index is -2.76. The van der Waals surface area contributed by atoms with Crippen molar-refractivity contribution in [1.82, 2.24) is 0 Å². The van der Waals surface area contributed by atoms with Gasteiger partial charge in [0.25, 0.3) is 0 Å². The third-order valence-electron chi connectivity index (χ3n) is 6.54. The van der Waals surface area contributed by atoms with Crippen LogP contribution in [0.5, 0.6) is 0 Å². The summed E-state index contributed by atoms with van der Waals surface area (Å²) in [5.41, 5.74) is 10.3. The Bertz CT molecular complexity index is 989. The van der Waals surface area contributed by atoms with E-state index in [1.54, 1.807) is 0 Å². The van der Waals surface area contributed by atoms with Gasteiger partial charge in [-0.25, -0.2) is 0 Å². The van der Waals surface area contributed by atoms with Crippen molar-refractivity contribution in [3.05, 3.63) is 83.2 Å². The van der Waals surface area contributed by atoms with E-state index in [1.165, 1.54) is 15.8 Å². The van der Waals surface area contributed by atoms with Gasteiger partial charge in [0.15, 0.2) is 0 Å². The van der Waals surface area contributed by atoms with Crippen molar-refractivity contribution >= 4 is 51.1 Å². The standard InChI is InChI=1S/C27H38GeO3Si3/c1-7-28(8-2,9-3)22-25-34(6)30-32(4,23-20-26-16-12-10-13-17-26)29-33(5,31-34)24-21-27-18-14-11-15-19-27/h10-21,23-24H,7-9H2,1-6H3/b23-20+,24-21+. The molecule has 1 fully saturated rings. The summed E-state index contributed by atoms with van der Waals surface area (Å²) < 4.78 is 24.1. The van der Waals surface area contributed by atoms with Crippen LogP contribution in [0.1, 0.15) is 31.9 Å². The predicted octanol–water partition coefficient (Wildman–Crippen LogP) is 7.36. The molecule has 7 heteroatoms. The quantitative estimate of drug-likeness (QED) is 0.259. The molecular weight excluding hydrogens is 529 g/mol. The molecule has 1 aliphatic rings. The van der Waals surface area contributed by atoms with Gasteiger partial charge < -0.3 is 0 Å². The van der Waals surface area contributed by atoms with Gasteiger partial charge in [0.05, 0.1) is 0 Å². The van der Waals surface area contributed by atoms with E-state index in [2.05, 4.69) is 98.5 Å². The van der Waals surface area contributed by atoms with Crippen LogP contribution in [0.3, 0.4) is 0 Å². The molecule has 0 aliphatic carbocycles. The molecule has 1 heterocycles. The second-order valence-corrected chi connectivity index (χ2v) is 29.0. The average Bonchev–Trinajstić information content (AvgIpc) is 2.83. The summed E-state index contributed by atoms with van der Waals surface area (Å²) in [5.74, 6) is 0. The molecule has 2 aromatic carbocycles. The van der Waals surface area contributed by atoms with Gasteiger partial charge in [0.2, 0.25) is 0 Å². The molecule has 0 spiro atoms. The summed E-state index contributed by atoms with van der Waals surface area (Å²) in [6.07, 6.45) is 4.25. The Morgan fingerprint density at radius 3 is 1.47 bits per heavy atom. The zero-order valence-electron chi connectivity index (χ0n) is 21.4. The topological polar surface area (TPSA) is 27.7 Å². The maximum absolute atomic E-state index is 6.76. The number of rotatable bonds is 7. The van der Waals surface area contributed by atoms with Gasteiger partial charge in [-0.05, 0) is 0 Å². The summed E-state index contributed by atoms with van der Waals surface area (Å²) in [6.45, 7) is 13.3. The fourth-order valence-electron chi connectivity index (χ4n) is 4.31. The van der Waals surface area contributed by atoms with Gasteiger partial charge in [0.1, 0.15) is 0 Å². The molecular formula is C27H38GeO3Si3. The summed E-state index contributed by atoms with van der Waals surface area (Å²) in [6, 6.07) is 20.7. The van der Waals surface area contributed by atoms with E-state index in [-0.39, 0.29) is 0 Å². The number of benzene rings is 2. The SMILES string of the molecule is C[CH2][Ge]([C]#C[Si]1(C)O[Si](C)(/C=C/c2ccccc2)O[Si](C)(/C=C/c2ccccc2)O1)([CH2]C)[CH2]C. The summed E-state index contributed by atoms with van der Waals surface area (Å²) in [7, 11) is -8.10. The van der Waals surface area contributed by atoms with Gasteiger partial charge in [-0.15, -0.1) is 0 Å². The van der Waals surface area contributed by atoms with Crippen molar-refractivity contribution in [2.75, 3.05) is 0 Å². The maximum atomic E-state index is 6.76. The van der Waals surface area contributed by atoms with Crippen LogP contribution in [0.4, 0.5) is 0 Å². The van der Waals surface area contributed by atoms with E-state index >= 15 is 0 Å². The molecule has 0 aromatic heterocycles. The van der Waals surface area contributed by atoms with Crippen LogP contribution >= 0.6 is 0 Å². The van der Waals surface area contributed by atoms with Crippen LogP contribution in [-0.2, 0) is 12.3 Å². The third kappa shape index (κ3) is 7.28. The van der Waals surface area contributed by atoms with Gasteiger partial charge in [-0.2, -0.15) is 0 Å². The van der Waals surface area contributed by atoms with Crippen LogP contribution in [0.2, 0.25) is 35.4 Å². The molecule has 0 saturated carbocycles. The second kappa shape index (κ2) is 11.5. The van der Waals surface area contributed by atoms with E-state index in [9.17, 15) is 0 Å². The number of hydrogen-bond acceptors (Lipinski definition) is 3. The van der Waals surface area contributed by atoms with Crippen molar-refractivity contribution < 1.29 is 12.3 Å². The summed E-state index contributed by atoms with van der Waals surface area (Å²) in [5, 5.41) is 3.64. The molecule has 0 amide bonds. The van der Waals surface area contributed by atoms with E-state index in [0.29, 0.717) is 0 Å². The van der Waals surface area contributed by atoms with E-state index in [4.69, 9.17) is 12.3 Å². The molecule has 1 aliphatic heterocycles. The van der Waals surface area contributed by atoms with Crippen molar-refractivity contribution in [3.63, 3.8) is 0 Å². The van der Waals surface area contributed by atoms with Crippen molar-refractivity contribution in [1.29, 1.82) is 0 Å². The van der Waals surface area contributed by atoms with E-state index < -0.39 is 38.9 Å². The average molecular weight is 567 g/mol.